The molecule has 0 aliphatic carbocycles. The van der Waals surface area contributed by atoms with Crippen LogP contribution < -0.4 is 0 Å². The lowest BCUT2D eigenvalue weighted by molar-refractivity contribution is -0.143. The molecule has 5 nitrogen and oxygen atoms in total. The number of amides is 1. The first-order valence-electron chi connectivity index (χ1n) is 8.40. The van der Waals surface area contributed by atoms with Crippen LogP contribution in [-0.2, 0) is 16.0 Å². The quantitative estimate of drug-likeness (QED) is 0.852. The molecule has 2 rings (SSSR count). The molecule has 6 heteroatoms. The number of carbonyl (C=O) groups is 2. The second-order valence-electron chi connectivity index (χ2n) is 6.02. The Balaban J connectivity index is 0.00000288. The van der Waals surface area contributed by atoms with Gasteiger partial charge in [0.15, 0.2) is 0 Å². The molecule has 1 amide bonds. The lowest BCUT2D eigenvalue weighted by atomic mass is 10.1. The van der Waals surface area contributed by atoms with Crippen LogP contribution in [0.3, 0.4) is 0 Å². The lowest BCUT2D eigenvalue weighted by Gasteiger charge is -2.26. The first-order valence-corrected chi connectivity index (χ1v) is 8.40. The average molecular weight is 355 g/mol. The van der Waals surface area contributed by atoms with Gasteiger partial charge in [-0.1, -0.05) is 37.3 Å². The van der Waals surface area contributed by atoms with Crippen molar-refractivity contribution in [3.8, 4) is 0 Å². The Morgan fingerprint density at radius 3 is 2.46 bits per heavy atom. The van der Waals surface area contributed by atoms with Gasteiger partial charge >= 0.3 is 5.97 Å². The smallest absolute Gasteiger partial charge is 0.320 e. The third-order valence-corrected chi connectivity index (χ3v) is 4.47. The van der Waals surface area contributed by atoms with Crippen molar-refractivity contribution >= 4 is 24.3 Å². The lowest BCUT2D eigenvalue weighted by Crippen LogP contribution is -2.43. The van der Waals surface area contributed by atoms with Crippen molar-refractivity contribution in [2.45, 2.75) is 38.6 Å². The van der Waals surface area contributed by atoms with E-state index in [4.69, 9.17) is 0 Å². The normalized spacial score (nSPS) is 16.8. The molecule has 1 aromatic rings. The highest BCUT2D eigenvalue weighted by atomic mass is 35.5. The predicted octanol–water partition coefficient (Wildman–Crippen LogP) is 2.44. The summed E-state index contributed by atoms with van der Waals surface area (Å²) in [5.41, 5.74) is 1.18. The molecule has 0 spiro atoms. The Morgan fingerprint density at radius 1 is 1.12 bits per heavy atom. The number of nitrogens with zero attached hydrogens (tertiary/aromatic N) is 2. The summed E-state index contributed by atoms with van der Waals surface area (Å²) in [5.74, 6) is -0.601. The van der Waals surface area contributed by atoms with Crippen LogP contribution >= 0.6 is 12.4 Å². The van der Waals surface area contributed by atoms with E-state index in [1.807, 2.05) is 47.1 Å². The van der Waals surface area contributed by atoms with Crippen molar-refractivity contribution in [3.05, 3.63) is 35.9 Å². The van der Waals surface area contributed by atoms with Gasteiger partial charge in [-0.3, -0.25) is 14.5 Å². The molecular weight excluding hydrogens is 328 g/mol. The molecule has 134 valence electrons. The summed E-state index contributed by atoms with van der Waals surface area (Å²) in [6, 6.07) is 9.59. The van der Waals surface area contributed by atoms with E-state index in [0.717, 1.165) is 25.9 Å². The third-order valence-electron chi connectivity index (χ3n) is 4.47. The molecule has 0 aromatic heterocycles. The number of aliphatic carboxylic acids is 1. The maximum Gasteiger partial charge on any atom is 0.320 e. The maximum absolute atomic E-state index is 12.4. The second-order valence-corrected chi connectivity index (χ2v) is 6.02. The Hall–Kier alpha value is -1.59. The van der Waals surface area contributed by atoms with Crippen molar-refractivity contribution in [2.75, 3.05) is 26.2 Å². The molecule has 1 unspecified atom stereocenters. The number of benzene rings is 1. The van der Waals surface area contributed by atoms with Crippen LogP contribution in [0, 0.1) is 0 Å². The van der Waals surface area contributed by atoms with E-state index in [1.54, 1.807) is 0 Å². The van der Waals surface area contributed by atoms with Crippen LogP contribution in [0.15, 0.2) is 30.3 Å². The third kappa shape index (κ3) is 5.80. The van der Waals surface area contributed by atoms with Crippen LogP contribution in [-0.4, -0.2) is 59.0 Å². The standard InChI is InChI=1S/C18H26N2O3.ClH/c1-2-16(18(22)23)19-11-6-12-20(14-13-19)17(21)10-9-15-7-4-3-5-8-15;/h3-5,7-8,16H,2,6,9-14H2,1H3,(H,22,23);1H. The van der Waals surface area contributed by atoms with Crippen molar-refractivity contribution in [1.29, 1.82) is 0 Å². The van der Waals surface area contributed by atoms with Crippen LogP contribution in [0.4, 0.5) is 0 Å². The minimum Gasteiger partial charge on any atom is -0.480 e. The van der Waals surface area contributed by atoms with Gasteiger partial charge in [-0.25, -0.2) is 0 Å². The highest BCUT2D eigenvalue weighted by Crippen LogP contribution is 2.12. The average Bonchev–Trinajstić information content (AvgIpc) is 2.80. The number of carboxylic acids is 1. The number of rotatable bonds is 6. The Morgan fingerprint density at radius 2 is 1.83 bits per heavy atom. The predicted molar refractivity (Wildman–Crippen MR) is 96.5 cm³/mol. The minimum absolute atomic E-state index is 0. The number of halogens is 1. The van der Waals surface area contributed by atoms with Crippen molar-refractivity contribution < 1.29 is 14.7 Å². The highest BCUT2D eigenvalue weighted by Gasteiger charge is 2.27. The molecule has 0 radical (unpaired) electrons. The fourth-order valence-electron chi connectivity index (χ4n) is 3.14. The molecule has 24 heavy (non-hydrogen) atoms. The van der Waals surface area contributed by atoms with Gasteiger partial charge in [-0.05, 0) is 24.8 Å². The van der Waals surface area contributed by atoms with Gasteiger partial charge < -0.3 is 10.0 Å². The van der Waals surface area contributed by atoms with Crippen molar-refractivity contribution in [1.82, 2.24) is 9.80 Å². The van der Waals surface area contributed by atoms with Gasteiger partial charge in [-0.15, -0.1) is 12.4 Å². The van der Waals surface area contributed by atoms with Gasteiger partial charge in [0.2, 0.25) is 5.91 Å². The van der Waals surface area contributed by atoms with E-state index in [1.165, 1.54) is 5.56 Å². The zero-order valence-electron chi connectivity index (χ0n) is 14.2. The molecule has 0 bridgehead atoms. The van der Waals surface area contributed by atoms with Gasteiger partial charge in [0.05, 0.1) is 0 Å². The molecule has 1 fully saturated rings. The number of hydrogen-bond acceptors (Lipinski definition) is 3. The van der Waals surface area contributed by atoms with E-state index < -0.39 is 12.0 Å². The molecule has 1 N–H and O–H groups in total. The topological polar surface area (TPSA) is 60.9 Å². The van der Waals surface area contributed by atoms with Crippen molar-refractivity contribution in [2.24, 2.45) is 0 Å². The largest absolute Gasteiger partial charge is 0.480 e. The Labute approximate surface area is 150 Å². The first-order chi connectivity index (χ1) is 11.1. The minimum atomic E-state index is -0.767. The van der Waals surface area contributed by atoms with E-state index in [9.17, 15) is 14.7 Å². The van der Waals surface area contributed by atoms with Gasteiger partial charge in [-0.2, -0.15) is 0 Å². The SMILES string of the molecule is CCC(C(=O)O)N1CCCN(C(=O)CCc2ccccc2)CC1.Cl. The zero-order chi connectivity index (χ0) is 16.7. The maximum atomic E-state index is 12.4. The van der Waals surface area contributed by atoms with Crippen LogP contribution in [0.25, 0.3) is 0 Å². The van der Waals surface area contributed by atoms with Crippen molar-refractivity contribution in [3.63, 3.8) is 0 Å². The molecule has 1 saturated heterocycles. The summed E-state index contributed by atoms with van der Waals surface area (Å²) in [6.07, 6.45) is 2.70. The van der Waals surface area contributed by atoms with E-state index >= 15 is 0 Å². The second kappa shape index (κ2) is 10.3. The fraction of sp³-hybridized carbons (Fsp3) is 0.556. The summed E-state index contributed by atoms with van der Waals surface area (Å²) in [7, 11) is 0. The zero-order valence-corrected chi connectivity index (χ0v) is 15.0. The van der Waals surface area contributed by atoms with Crippen LogP contribution in [0.2, 0.25) is 0 Å². The van der Waals surface area contributed by atoms with Crippen LogP contribution in [0.5, 0.6) is 0 Å². The highest BCUT2D eigenvalue weighted by molar-refractivity contribution is 5.85. The molecule has 1 aromatic carbocycles. The van der Waals surface area contributed by atoms with E-state index in [-0.39, 0.29) is 18.3 Å². The molecular formula is C18H27ClN2O3. The Kier molecular flexibility index (Phi) is 8.79. The van der Waals surface area contributed by atoms with E-state index in [2.05, 4.69) is 0 Å². The van der Waals surface area contributed by atoms with Gasteiger partial charge in [0, 0.05) is 32.6 Å². The van der Waals surface area contributed by atoms with Gasteiger partial charge in [0.1, 0.15) is 6.04 Å². The summed E-state index contributed by atoms with van der Waals surface area (Å²) >= 11 is 0. The number of aryl methyl sites for hydroxylation is 1. The molecule has 1 aliphatic rings. The molecule has 0 saturated carbocycles. The first kappa shape index (κ1) is 20.5. The van der Waals surface area contributed by atoms with E-state index in [0.29, 0.717) is 25.9 Å². The molecule has 1 atom stereocenters. The summed E-state index contributed by atoms with van der Waals surface area (Å²) in [4.78, 5) is 27.6. The number of hydrogen-bond donors (Lipinski definition) is 1. The van der Waals surface area contributed by atoms with Crippen LogP contribution in [0.1, 0.15) is 31.7 Å². The Bertz CT molecular complexity index is 524. The molecule has 1 heterocycles. The molecule has 1 aliphatic heterocycles. The van der Waals surface area contributed by atoms with Gasteiger partial charge in [0.25, 0.3) is 0 Å². The summed E-state index contributed by atoms with van der Waals surface area (Å²) < 4.78 is 0. The number of carbonyl (C=O) groups excluding carboxylic acids is 1. The monoisotopic (exact) mass is 354 g/mol. The summed E-state index contributed by atoms with van der Waals surface area (Å²) in [5, 5.41) is 9.28. The fourth-order valence-corrected chi connectivity index (χ4v) is 3.14. The summed E-state index contributed by atoms with van der Waals surface area (Å²) in [6.45, 7) is 4.62. The number of carboxylic acid groups (broad SMARTS) is 1.